The van der Waals surface area contributed by atoms with Gasteiger partial charge in [0.25, 0.3) is 0 Å². The van der Waals surface area contributed by atoms with Gasteiger partial charge in [-0.25, -0.2) is 0 Å². The summed E-state index contributed by atoms with van der Waals surface area (Å²) in [6.45, 7) is 10.9. The molecule has 0 aromatic heterocycles. The highest BCUT2D eigenvalue weighted by atomic mass is 16.5. The molecule has 1 aliphatic carbocycles. The monoisotopic (exact) mass is 289 g/mol. The molecule has 1 aliphatic rings. The van der Waals surface area contributed by atoms with Crippen molar-refractivity contribution in [1.29, 1.82) is 0 Å². The van der Waals surface area contributed by atoms with Crippen LogP contribution in [0.3, 0.4) is 0 Å². The quantitative estimate of drug-likeness (QED) is 0.824. The van der Waals surface area contributed by atoms with E-state index in [2.05, 4.69) is 57.3 Å². The van der Waals surface area contributed by atoms with Crippen molar-refractivity contribution in [2.75, 3.05) is 13.1 Å². The van der Waals surface area contributed by atoms with Gasteiger partial charge in [-0.1, -0.05) is 50.6 Å². The molecule has 21 heavy (non-hydrogen) atoms. The molecule has 1 atom stereocenters. The minimum atomic E-state index is 0.177. The Balaban J connectivity index is 2.00. The first kappa shape index (κ1) is 16.5. The van der Waals surface area contributed by atoms with Crippen molar-refractivity contribution in [3.05, 3.63) is 35.4 Å². The summed E-state index contributed by atoms with van der Waals surface area (Å²) in [5.74, 6) is 0. The van der Waals surface area contributed by atoms with Crippen LogP contribution in [0.4, 0.5) is 0 Å². The lowest BCUT2D eigenvalue weighted by Crippen LogP contribution is -2.31. The van der Waals surface area contributed by atoms with E-state index < -0.39 is 0 Å². The molecule has 0 amide bonds. The molecule has 1 unspecified atom stereocenters. The number of hydrogen-bond acceptors (Lipinski definition) is 2. The van der Waals surface area contributed by atoms with E-state index in [0.29, 0.717) is 11.5 Å². The molecule has 0 heterocycles. The second-order valence-electron chi connectivity index (χ2n) is 7.21. The third-order valence-electron chi connectivity index (χ3n) is 4.64. The summed E-state index contributed by atoms with van der Waals surface area (Å²) in [7, 11) is 0. The van der Waals surface area contributed by atoms with Gasteiger partial charge in [0.2, 0.25) is 0 Å². The summed E-state index contributed by atoms with van der Waals surface area (Å²) in [5, 5.41) is 3.45. The summed E-state index contributed by atoms with van der Waals surface area (Å²) < 4.78 is 6.47. The van der Waals surface area contributed by atoms with Crippen molar-refractivity contribution in [2.45, 2.75) is 65.6 Å². The molecule has 2 nitrogen and oxygen atoms in total. The maximum absolute atomic E-state index is 6.47. The number of ether oxygens (including phenoxy) is 1. The van der Waals surface area contributed by atoms with Crippen LogP contribution in [0.25, 0.3) is 0 Å². The van der Waals surface area contributed by atoms with Crippen molar-refractivity contribution in [3.63, 3.8) is 0 Å². The number of nitrogens with one attached hydrogen (secondary N) is 1. The van der Waals surface area contributed by atoms with Gasteiger partial charge in [-0.3, -0.25) is 0 Å². The van der Waals surface area contributed by atoms with Gasteiger partial charge >= 0.3 is 0 Å². The highest BCUT2D eigenvalue weighted by molar-refractivity contribution is 5.24. The molecule has 0 saturated heterocycles. The normalized spacial score (nSPS) is 20.4. The Morgan fingerprint density at radius 3 is 2.62 bits per heavy atom. The van der Waals surface area contributed by atoms with E-state index >= 15 is 0 Å². The highest BCUT2D eigenvalue weighted by Crippen LogP contribution is 2.37. The van der Waals surface area contributed by atoms with Gasteiger partial charge in [0.05, 0.1) is 12.2 Å². The first-order valence-corrected chi connectivity index (χ1v) is 8.43. The Hall–Kier alpha value is -0.860. The summed E-state index contributed by atoms with van der Waals surface area (Å²) in [6, 6.07) is 8.74. The van der Waals surface area contributed by atoms with Crippen LogP contribution in [0.5, 0.6) is 0 Å². The van der Waals surface area contributed by atoms with E-state index in [4.69, 9.17) is 4.74 Å². The van der Waals surface area contributed by atoms with Gasteiger partial charge in [0.15, 0.2) is 0 Å². The number of aryl methyl sites for hydroxylation is 1. The third kappa shape index (κ3) is 5.12. The SMILES string of the molecule is CCNCC(OC1CCC(C)(C)CC1)c1cccc(C)c1. The van der Waals surface area contributed by atoms with Crippen molar-refractivity contribution in [3.8, 4) is 0 Å². The first-order chi connectivity index (χ1) is 10.00. The number of benzene rings is 1. The number of rotatable bonds is 6. The maximum atomic E-state index is 6.47. The van der Waals surface area contributed by atoms with E-state index in [1.165, 1.54) is 36.8 Å². The van der Waals surface area contributed by atoms with E-state index in [0.717, 1.165) is 13.1 Å². The maximum Gasteiger partial charge on any atom is 0.0953 e. The molecule has 0 bridgehead atoms. The van der Waals surface area contributed by atoms with Crippen molar-refractivity contribution in [2.24, 2.45) is 5.41 Å². The van der Waals surface area contributed by atoms with E-state index in [1.807, 2.05) is 0 Å². The molecule has 2 heteroatoms. The summed E-state index contributed by atoms with van der Waals surface area (Å²) >= 11 is 0. The predicted molar refractivity (Wildman–Crippen MR) is 89.6 cm³/mol. The molecule has 1 N–H and O–H groups in total. The standard InChI is InChI=1S/C19H31NO/c1-5-20-14-18(16-8-6-7-15(2)13-16)21-17-9-11-19(3,4)12-10-17/h6-8,13,17-18,20H,5,9-12,14H2,1-4H3. The minimum absolute atomic E-state index is 0.177. The van der Waals surface area contributed by atoms with Gasteiger partial charge in [-0.2, -0.15) is 0 Å². The lowest BCUT2D eigenvalue weighted by Gasteiger charge is -2.36. The van der Waals surface area contributed by atoms with Crippen molar-refractivity contribution in [1.82, 2.24) is 5.32 Å². The fourth-order valence-corrected chi connectivity index (χ4v) is 3.13. The van der Waals surface area contributed by atoms with Gasteiger partial charge in [0.1, 0.15) is 0 Å². The van der Waals surface area contributed by atoms with E-state index in [1.54, 1.807) is 0 Å². The van der Waals surface area contributed by atoms with Gasteiger partial charge < -0.3 is 10.1 Å². The molecule has 118 valence electrons. The molecular weight excluding hydrogens is 258 g/mol. The van der Waals surface area contributed by atoms with Crippen LogP contribution >= 0.6 is 0 Å². The van der Waals surface area contributed by atoms with Crippen LogP contribution in [0.1, 0.15) is 63.7 Å². The van der Waals surface area contributed by atoms with Crippen molar-refractivity contribution >= 4 is 0 Å². The Morgan fingerprint density at radius 2 is 2.00 bits per heavy atom. The molecule has 0 aliphatic heterocycles. The highest BCUT2D eigenvalue weighted by Gasteiger charge is 2.29. The lowest BCUT2D eigenvalue weighted by atomic mass is 9.76. The lowest BCUT2D eigenvalue weighted by molar-refractivity contribution is -0.0459. The fourth-order valence-electron chi connectivity index (χ4n) is 3.13. The molecule has 2 rings (SSSR count). The molecule has 0 radical (unpaired) electrons. The van der Waals surface area contributed by atoms with Gasteiger partial charge in [-0.05, 0) is 50.1 Å². The fraction of sp³-hybridized carbons (Fsp3) is 0.684. The summed E-state index contributed by atoms with van der Waals surface area (Å²) in [6.07, 6.45) is 5.54. The zero-order valence-corrected chi connectivity index (χ0v) is 14.1. The third-order valence-corrected chi connectivity index (χ3v) is 4.64. The van der Waals surface area contributed by atoms with Crippen LogP contribution in [-0.2, 0) is 4.74 Å². The molecular formula is C19H31NO. The average molecular weight is 289 g/mol. The number of likely N-dealkylation sites (N-methyl/N-ethyl adjacent to an activating group) is 1. The molecule has 1 fully saturated rings. The largest absolute Gasteiger partial charge is 0.369 e. The zero-order valence-electron chi connectivity index (χ0n) is 14.1. The molecule has 1 aromatic carbocycles. The Labute approximate surface area is 130 Å². The van der Waals surface area contributed by atoms with Crippen LogP contribution < -0.4 is 5.32 Å². The second kappa shape index (κ2) is 7.42. The summed E-state index contributed by atoms with van der Waals surface area (Å²) in [4.78, 5) is 0. The predicted octanol–water partition coefficient (Wildman–Crippen LogP) is 4.63. The van der Waals surface area contributed by atoms with Crippen LogP contribution in [0, 0.1) is 12.3 Å². The van der Waals surface area contributed by atoms with Crippen LogP contribution in [0.2, 0.25) is 0 Å². The Kier molecular flexibility index (Phi) is 5.83. The van der Waals surface area contributed by atoms with Crippen LogP contribution in [0.15, 0.2) is 24.3 Å². The Bertz CT molecular complexity index is 431. The topological polar surface area (TPSA) is 21.3 Å². The molecule has 0 spiro atoms. The molecule has 1 saturated carbocycles. The van der Waals surface area contributed by atoms with Gasteiger partial charge in [0, 0.05) is 6.54 Å². The van der Waals surface area contributed by atoms with E-state index in [9.17, 15) is 0 Å². The van der Waals surface area contributed by atoms with Crippen molar-refractivity contribution < 1.29 is 4.74 Å². The zero-order chi connectivity index (χ0) is 15.3. The minimum Gasteiger partial charge on any atom is -0.369 e. The van der Waals surface area contributed by atoms with Gasteiger partial charge in [-0.15, -0.1) is 0 Å². The average Bonchev–Trinajstić information content (AvgIpc) is 2.45. The Morgan fingerprint density at radius 1 is 1.29 bits per heavy atom. The summed E-state index contributed by atoms with van der Waals surface area (Å²) in [5.41, 5.74) is 3.11. The second-order valence-corrected chi connectivity index (χ2v) is 7.21. The van der Waals surface area contributed by atoms with Crippen LogP contribution in [-0.4, -0.2) is 19.2 Å². The first-order valence-electron chi connectivity index (χ1n) is 8.43. The smallest absolute Gasteiger partial charge is 0.0953 e. The van der Waals surface area contributed by atoms with E-state index in [-0.39, 0.29) is 6.10 Å². The molecule has 1 aromatic rings. The number of hydrogen-bond donors (Lipinski definition) is 1.